The molecule has 2 N–H and O–H groups in total. The maximum atomic E-state index is 12.1. The zero-order valence-corrected chi connectivity index (χ0v) is 13.7. The van der Waals surface area contributed by atoms with E-state index in [4.69, 9.17) is 11.6 Å². The lowest BCUT2D eigenvalue weighted by atomic mass is 10.3. The maximum Gasteiger partial charge on any atom is 0.275 e. The Morgan fingerprint density at radius 3 is 2.76 bits per heavy atom. The highest BCUT2D eigenvalue weighted by molar-refractivity contribution is 9.10. The van der Waals surface area contributed by atoms with Gasteiger partial charge in [-0.1, -0.05) is 18.5 Å². The Hall–Kier alpha value is -1.66. The van der Waals surface area contributed by atoms with Crippen LogP contribution in [0.3, 0.4) is 0 Å². The number of hydrogen-bond acceptors (Lipinski definition) is 4. The van der Waals surface area contributed by atoms with Gasteiger partial charge in [-0.3, -0.25) is 4.79 Å². The van der Waals surface area contributed by atoms with Gasteiger partial charge in [0.05, 0.1) is 17.4 Å². The first-order chi connectivity index (χ1) is 10.1. The van der Waals surface area contributed by atoms with Crippen molar-refractivity contribution in [3.05, 3.63) is 45.8 Å². The van der Waals surface area contributed by atoms with Crippen molar-refractivity contribution in [3.63, 3.8) is 0 Å². The van der Waals surface area contributed by atoms with E-state index in [9.17, 15) is 4.79 Å². The number of benzene rings is 1. The monoisotopic (exact) mass is 368 g/mol. The Balaban J connectivity index is 2.04. The van der Waals surface area contributed by atoms with E-state index in [0.29, 0.717) is 21.0 Å². The third kappa shape index (κ3) is 4.41. The summed E-state index contributed by atoms with van der Waals surface area (Å²) in [5, 5.41) is 6.42. The van der Waals surface area contributed by atoms with Gasteiger partial charge in [-0.15, -0.1) is 0 Å². The second-order valence-corrected chi connectivity index (χ2v) is 5.56. The maximum absolute atomic E-state index is 12.1. The number of halogens is 2. The number of amides is 1. The number of anilines is 2. The highest BCUT2D eigenvalue weighted by Crippen LogP contribution is 2.25. The molecule has 1 aromatic heterocycles. The summed E-state index contributed by atoms with van der Waals surface area (Å²) in [6.45, 7) is 2.88. The van der Waals surface area contributed by atoms with Gasteiger partial charge in [-0.05, 0) is 40.5 Å². The highest BCUT2D eigenvalue weighted by atomic mass is 79.9. The van der Waals surface area contributed by atoms with Crippen molar-refractivity contribution in [1.82, 2.24) is 9.97 Å². The van der Waals surface area contributed by atoms with Gasteiger partial charge in [0, 0.05) is 16.7 Å². The normalized spacial score (nSPS) is 10.2. The molecular weight excluding hydrogens is 356 g/mol. The van der Waals surface area contributed by atoms with Gasteiger partial charge in [0.1, 0.15) is 11.5 Å². The summed E-state index contributed by atoms with van der Waals surface area (Å²) < 4.78 is 0.715. The van der Waals surface area contributed by atoms with Crippen LogP contribution in [0, 0.1) is 0 Å². The smallest absolute Gasteiger partial charge is 0.275 e. The van der Waals surface area contributed by atoms with Gasteiger partial charge in [-0.25, -0.2) is 9.97 Å². The van der Waals surface area contributed by atoms with Crippen LogP contribution in [0.1, 0.15) is 23.8 Å². The Morgan fingerprint density at radius 1 is 1.33 bits per heavy atom. The van der Waals surface area contributed by atoms with Crippen molar-refractivity contribution >= 4 is 44.9 Å². The van der Waals surface area contributed by atoms with Crippen molar-refractivity contribution in [1.29, 1.82) is 0 Å². The largest absolute Gasteiger partial charge is 0.369 e. The van der Waals surface area contributed by atoms with Crippen LogP contribution in [0.4, 0.5) is 11.5 Å². The fourth-order valence-corrected chi connectivity index (χ4v) is 2.06. The predicted octanol–water partition coefficient (Wildman–Crippen LogP) is 3.97. The lowest BCUT2D eigenvalue weighted by Gasteiger charge is -2.07. The van der Waals surface area contributed by atoms with Gasteiger partial charge in [0.25, 0.3) is 5.91 Å². The lowest BCUT2D eigenvalue weighted by molar-refractivity contribution is 0.102. The van der Waals surface area contributed by atoms with Crippen LogP contribution < -0.4 is 10.6 Å². The molecule has 110 valence electrons. The Morgan fingerprint density at radius 2 is 2.14 bits per heavy atom. The Labute approximate surface area is 136 Å². The van der Waals surface area contributed by atoms with E-state index in [0.717, 1.165) is 13.0 Å². The molecular formula is C14H14BrClN4O. The van der Waals surface area contributed by atoms with Gasteiger partial charge in [0.2, 0.25) is 0 Å². The van der Waals surface area contributed by atoms with Gasteiger partial charge in [0.15, 0.2) is 0 Å². The van der Waals surface area contributed by atoms with Gasteiger partial charge < -0.3 is 10.6 Å². The fourth-order valence-electron chi connectivity index (χ4n) is 1.56. The second kappa shape index (κ2) is 7.38. The van der Waals surface area contributed by atoms with Gasteiger partial charge >= 0.3 is 0 Å². The van der Waals surface area contributed by atoms with E-state index in [1.54, 1.807) is 24.4 Å². The zero-order chi connectivity index (χ0) is 15.2. The average molecular weight is 370 g/mol. The number of rotatable bonds is 5. The fraction of sp³-hybridized carbons (Fsp3) is 0.214. The molecule has 0 saturated heterocycles. The molecule has 1 heterocycles. The van der Waals surface area contributed by atoms with Crippen LogP contribution >= 0.6 is 27.5 Å². The molecule has 5 nitrogen and oxygen atoms in total. The molecule has 0 aliphatic carbocycles. The van der Waals surface area contributed by atoms with Crippen molar-refractivity contribution < 1.29 is 4.79 Å². The molecule has 0 spiro atoms. The molecule has 2 rings (SSSR count). The first-order valence-electron chi connectivity index (χ1n) is 6.42. The van der Waals surface area contributed by atoms with Crippen molar-refractivity contribution in [2.24, 2.45) is 0 Å². The highest BCUT2D eigenvalue weighted by Gasteiger charge is 2.09. The Kier molecular flexibility index (Phi) is 5.52. The minimum atomic E-state index is -0.321. The molecule has 0 fully saturated rings. The molecule has 0 aliphatic heterocycles. The summed E-state index contributed by atoms with van der Waals surface area (Å²) in [5.74, 6) is 0.335. The molecule has 1 aromatic carbocycles. The summed E-state index contributed by atoms with van der Waals surface area (Å²) in [7, 11) is 0. The van der Waals surface area contributed by atoms with Crippen molar-refractivity contribution in [2.45, 2.75) is 13.3 Å². The third-order valence-electron chi connectivity index (χ3n) is 2.62. The van der Waals surface area contributed by atoms with Crippen LogP contribution in [0.15, 0.2) is 35.1 Å². The first kappa shape index (κ1) is 15.7. The summed E-state index contributed by atoms with van der Waals surface area (Å²) >= 11 is 9.21. The van der Waals surface area contributed by atoms with Gasteiger partial charge in [-0.2, -0.15) is 0 Å². The first-order valence-corrected chi connectivity index (χ1v) is 7.59. The predicted molar refractivity (Wildman–Crippen MR) is 87.9 cm³/mol. The van der Waals surface area contributed by atoms with E-state index in [1.165, 1.54) is 6.20 Å². The van der Waals surface area contributed by atoms with E-state index in [1.807, 2.05) is 0 Å². The molecule has 2 aromatic rings. The number of carbonyl (C=O) groups excluding carboxylic acids is 1. The van der Waals surface area contributed by atoms with E-state index < -0.39 is 0 Å². The van der Waals surface area contributed by atoms with Crippen molar-refractivity contribution in [2.75, 3.05) is 17.2 Å². The topological polar surface area (TPSA) is 66.9 Å². The Bertz CT molecular complexity index is 633. The SMILES string of the molecule is CCCNc1cnc(C(=O)Nc2ccc(Cl)c(Br)c2)cn1. The van der Waals surface area contributed by atoms with E-state index >= 15 is 0 Å². The van der Waals surface area contributed by atoms with Crippen LogP contribution in [-0.2, 0) is 0 Å². The minimum Gasteiger partial charge on any atom is -0.369 e. The molecule has 0 atom stereocenters. The third-order valence-corrected chi connectivity index (χ3v) is 3.83. The number of nitrogens with one attached hydrogen (secondary N) is 2. The van der Waals surface area contributed by atoms with E-state index in [2.05, 4.69) is 43.5 Å². The standard InChI is InChI=1S/C14H14BrClN4O/c1-2-5-17-13-8-18-12(7-19-13)14(21)20-9-3-4-11(16)10(15)6-9/h3-4,6-8H,2,5H2,1H3,(H,17,19)(H,20,21). The summed E-state index contributed by atoms with van der Waals surface area (Å²) in [6, 6.07) is 5.14. The summed E-state index contributed by atoms with van der Waals surface area (Å²) in [6.07, 6.45) is 3.98. The quantitative estimate of drug-likeness (QED) is 0.837. The molecule has 0 saturated carbocycles. The molecule has 7 heteroatoms. The molecule has 21 heavy (non-hydrogen) atoms. The van der Waals surface area contributed by atoms with Crippen LogP contribution in [-0.4, -0.2) is 22.4 Å². The molecule has 0 radical (unpaired) electrons. The second-order valence-electron chi connectivity index (χ2n) is 4.30. The zero-order valence-electron chi connectivity index (χ0n) is 11.4. The summed E-state index contributed by atoms with van der Waals surface area (Å²) in [4.78, 5) is 20.3. The number of aromatic nitrogens is 2. The number of carbonyl (C=O) groups is 1. The molecule has 0 unspecified atom stereocenters. The minimum absolute atomic E-state index is 0.253. The molecule has 1 amide bonds. The summed E-state index contributed by atoms with van der Waals surface area (Å²) in [5.41, 5.74) is 0.884. The molecule has 0 bridgehead atoms. The number of hydrogen-bond donors (Lipinski definition) is 2. The van der Waals surface area contributed by atoms with Crippen LogP contribution in [0.2, 0.25) is 5.02 Å². The molecule has 0 aliphatic rings. The van der Waals surface area contributed by atoms with Crippen molar-refractivity contribution in [3.8, 4) is 0 Å². The lowest BCUT2D eigenvalue weighted by Crippen LogP contribution is -2.14. The number of nitrogens with zero attached hydrogens (tertiary/aromatic N) is 2. The average Bonchev–Trinajstić information content (AvgIpc) is 2.49. The van der Waals surface area contributed by atoms with Crippen LogP contribution in [0.25, 0.3) is 0 Å². The van der Waals surface area contributed by atoms with Crippen LogP contribution in [0.5, 0.6) is 0 Å². The van der Waals surface area contributed by atoms with E-state index in [-0.39, 0.29) is 11.6 Å².